The maximum atomic E-state index is 5.76. The molecule has 5 heteroatoms. The van der Waals surface area contributed by atoms with Crippen molar-refractivity contribution < 1.29 is 4.42 Å². The molecule has 1 N–H and O–H groups in total. The van der Waals surface area contributed by atoms with Gasteiger partial charge >= 0.3 is 0 Å². The summed E-state index contributed by atoms with van der Waals surface area (Å²) in [7, 11) is 1.85. The zero-order valence-corrected chi connectivity index (χ0v) is 14.1. The number of nitrogens with one attached hydrogen (secondary N) is 1. The maximum absolute atomic E-state index is 5.76. The van der Waals surface area contributed by atoms with Crippen LogP contribution in [0.5, 0.6) is 0 Å². The number of halogens is 1. The molecule has 0 amide bonds. The van der Waals surface area contributed by atoms with Gasteiger partial charge in [-0.05, 0) is 28.1 Å². The number of aromatic nitrogens is 2. The normalized spacial score (nSPS) is 11.7. The van der Waals surface area contributed by atoms with E-state index in [2.05, 4.69) is 58.9 Å². The molecule has 0 saturated heterocycles. The predicted octanol–water partition coefficient (Wildman–Crippen LogP) is 4.40. The first-order chi connectivity index (χ1) is 9.36. The highest BCUT2D eigenvalue weighted by molar-refractivity contribution is 9.10. The van der Waals surface area contributed by atoms with Crippen LogP contribution >= 0.6 is 15.9 Å². The maximum Gasteiger partial charge on any atom is 0.197 e. The Balaban J connectivity index is 2.59. The molecule has 2 aromatic rings. The van der Waals surface area contributed by atoms with Crippen molar-refractivity contribution in [3.05, 3.63) is 28.1 Å². The average molecular weight is 338 g/mol. The molecule has 0 aliphatic heterocycles. The minimum absolute atomic E-state index is 0.0810. The number of rotatable bonds is 3. The monoisotopic (exact) mass is 337 g/mol. The van der Waals surface area contributed by atoms with E-state index in [4.69, 9.17) is 4.42 Å². The van der Waals surface area contributed by atoms with Crippen LogP contribution in [-0.4, -0.2) is 17.0 Å². The Labute approximate surface area is 128 Å². The van der Waals surface area contributed by atoms with Gasteiger partial charge in [-0.25, -0.2) is 9.97 Å². The Morgan fingerprint density at radius 3 is 2.45 bits per heavy atom. The molecule has 0 fully saturated rings. The Hall–Kier alpha value is -1.36. The third-order valence-corrected chi connectivity index (χ3v) is 3.78. The highest BCUT2D eigenvalue weighted by Crippen LogP contribution is 2.34. The molecule has 0 bridgehead atoms. The summed E-state index contributed by atoms with van der Waals surface area (Å²) >= 11 is 3.58. The van der Waals surface area contributed by atoms with Crippen LogP contribution in [0.25, 0.3) is 11.6 Å². The van der Waals surface area contributed by atoms with Crippen molar-refractivity contribution in [3.63, 3.8) is 0 Å². The van der Waals surface area contributed by atoms with Gasteiger partial charge in [-0.1, -0.05) is 27.7 Å². The summed E-state index contributed by atoms with van der Waals surface area (Å²) in [5.41, 5.74) is 0.878. The Bertz CT molecular complexity index is 614. The van der Waals surface area contributed by atoms with Crippen LogP contribution in [0, 0.1) is 0 Å². The fourth-order valence-electron chi connectivity index (χ4n) is 1.91. The molecule has 0 saturated carbocycles. The highest BCUT2D eigenvalue weighted by Gasteiger charge is 2.24. The van der Waals surface area contributed by atoms with Gasteiger partial charge in [-0.3, -0.25) is 0 Å². The van der Waals surface area contributed by atoms with Gasteiger partial charge in [-0.2, -0.15) is 0 Å². The van der Waals surface area contributed by atoms with Gasteiger partial charge in [0, 0.05) is 18.9 Å². The van der Waals surface area contributed by atoms with Crippen LogP contribution < -0.4 is 5.32 Å². The summed E-state index contributed by atoms with van der Waals surface area (Å²) in [5, 5.41) is 3.10. The van der Waals surface area contributed by atoms with Crippen LogP contribution in [0.2, 0.25) is 0 Å². The van der Waals surface area contributed by atoms with Crippen molar-refractivity contribution in [3.8, 4) is 11.6 Å². The Morgan fingerprint density at radius 1 is 1.25 bits per heavy atom. The second kappa shape index (κ2) is 5.56. The lowest BCUT2D eigenvalue weighted by Gasteiger charge is -2.21. The van der Waals surface area contributed by atoms with Gasteiger partial charge in [0.25, 0.3) is 0 Å². The molecular formula is C15H20BrN3O. The SMILES string of the molecule is CCc1ccc(-c2nc(NC)c(Br)c(C(C)(C)C)n2)o1. The van der Waals surface area contributed by atoms with E-state index < -0.39 is 0 Å². The molecule has 0 radical (unpaired) electrons. The minimum Gasteiger partial charge on any atom is -0.458 e. The fourth-order valence-corrected chi connectivity index (χ4v) is 2.88. The summed E-state index contributed by atoms with van der Waals surface area (Å²) in [6, 6.07) is 3.89. The van der Waals surface area contributed by atoms with Crippen LogP contribution in [0.15, 0.2) is 21.0 Å². The molecule has 0 atom stereocenters. The lowest BCUT2D eigenvalue weighted by atomic mass is 9.92. The number of nitrogens with zero attached hydrogens (tertiary/aromatic N) is 2. The van der Waals surface area contributed by atoms with Gasteiger partial charge < -0.3 is 9.73 Å². The molecule has 0 spiro atoms. The molecule has 20 heavy (non-hydrogen) atoms. The zero-order chi connectivity index (χ0) is 14.9. The van der Waals surface area contributed by atoms with Gasteiger partial charge in [0.1, 0.15) is 11.6 Å². The number of hydrogen-bond acceptors (Lipinski definition) is 4. The van der Waals surface area contributed by atoms with E-state index in [-0.39, 0.29) is 5.41 Å². The Kier molecular flexibility index (Phi) is 4.18. The Morgan fingerprint density at radius 2 is 1.95 bits per heavy atom. The number of hydrogen-bond donors (Lipinski definition) is 1. The summed E-state index contributed by atoms with van der Waals surface area (Å²) in [5.74, 6) is 3.03. The summed E-state index contributed by atoms with van der Waals surface area (Å²) < 4.78 is 6.66. The van der Waals surface area contributed by atoms with E-state index in [1.54, 1.807) is 0 Å². The summed E-state index contributed by atoms with van der Waals surface area (Å²) in [6.07, 6.45) is 0.863. The molecule has 2 heterocycles. The van der Waals surface area contributed by atoms with Gasteiger partial charge in [-0.15, -0.1) is 0 Å². The van der Waals surface area contributed by atoms with E-state index in [9.17, 15) is 0 Å². The van der Waals surface area contributed by atoms with Crippen molar-refractivity contribution in [2.75, 3.05) is 12.4 Å². The zero-order valence-electron chi connectivity index (χ0n) is 12.5. The summed E-state index contributed by atoms with van der Waals surface area (Å²) in [6.45, 7) is 8.44. The van der Waals surface area contributed by atoms with Gasteiger partial charge in [0.2, 0.25) is 0 Å². The third-order valence-electron chi connectivity index (χ3n) is 3.03. The van der Waals surface area contributed by atoms with Crippen molar-refractivity contribution >= 4 is 21.7 Å². The van der Waals surface area contributed by atoms with Crippen molar-refractivity contribution in [1.29, 1.82) is 0 Å². The first-order valence-corrected chi connectivity index (χ1v) is 7.51. The minimum atomic E-state index is -0.0810. The third kappa shape index (κ3) is 2.87. The second-order valence-electron chi connectivity index (χ2n) is 5.68. The molecule has 0 aliphatic carbocycles. The van der Waals surface area contributed by atoms with E-state index in [0.717, 1.165) is 28.2 Å². The van der Waals surface area contributed by atoms with Gasteiger partial charge in [0.05, 0.1) is 10.2 Å². The second-order valence-corrected chi connectivity index (χ2v) is 6.47. The van der Waals surface area contributed by atoms with Crippen molar-refractivity contribution in [2.45, 2.75) is 39.5 Å². The van der Waals surface area contributed by atoms with E-state index in [0.29, 0.717) is 11.6 Å². The first kappa shape index (κ1) is 15.0. The molecular weight excluding hydrogens is 318 g/mol. The molecule has 2 aromatic heterocycles. The average Bonchev–Trinajstić information content (AvgIpc) is 2.86. The molecule has 4 nitrogen and oxygen atoms in total. The van der Waals surface area contributed by atoms with Crippen LogP contribution in [0.3, 0.4) is 0 Å². The quantitative estimate of drug-likeness (QED) is 0.901. The topological polar surface area (TPSA) is 51.0 Å². The largest absolute Gasteiger partial charge is 0.458 e. The summed E-state index contributed by atoms with van der Waals surface area (Å²) in [4.78, 5) is 9.20. The number of furan rings is 1. The molecule has 0 aromatic carbocycles. The number of anilines is 1. The van der Waals surface area contributed by atoms with Crippen molar-refractivity contribution in [1.82, 2.24) is 9.97 Å². The molecule has 2 rings (SSSR count). The van der Waals surface area contributed by atoms with Crippen LogP contribution in [0.4, 0.5) is 5.82 Å². The van der Waals surface area contributed by atoms with Crippen LogP contribution in [0.1, 0.15) is 39.1 Å². The molecule has 0 unspecified atom stereocenters. The smallest absolute Gasteiger partial charge is 0.197 e. The van der Waals surface area contributed by atoms with E-state index >= 15 is 0 Å². The highest BCUT2D eigenvalue weighted by atomic mass is 79.9. The predicted molar refractivity (Wildman–Crippen MR) is 85.1 cm³/mol. The molecule has 108 valence electrons. The van der Waals surface area contributed by atoms with Crippen molar-refractivity contribution in [2.24, 2.45) is 0 Å². The lowest BCUT2D eigenvalue weighted by molar-refractivity contribution is 0.521. The number of aryl methyl sites for hydroxylation is 1. The lowest BCUT2D eigenvalue weighted by Crippen LogP contribution is -2.17. The standard InChI is InChI=1S/C15H20BrN3O/c1-6-9-7-8-10(20-9)13-18-12(15(2,3)4)11(16)14(17-5)19-13/h7-8H,6H2,1-5H3,(H,17,18,19). The fraction of sp³-hybridized carbons (Fsp3) is 0.467. The first-order valence-electron chi connectivity index (χ1n) is 6.71. The van der Waals surface area contributed by atoms with Crippen LogP contribution in [-0.2, 0) is 11.8 Å². The molecule has 0 aliphatic rings. The van der Waals surface area contributed by atoms with E-state index in [1.807, 2.05) is 19.2 Å². The van der Waals surface area contributed by atoms with E-state index in [1.165, 1.54) is 0 Å². The van der Waals surface area contributed by atoms with Gasteiger partial charge in [0.15, 0.2) is 11.6 Å².